The molecule has 6 nitrogen and oxygen atoms in total. The zero-order valence-electron chi connectivity index (χ0n) is 13.1. The zero-order valence-corrected chi connectivity index (χ0v) is 14.8. The molecule has 0 bridgehead atoms. The fourth-order valence-electron chi connectivity index (χ4n) is 2.20. The van der Waals surface area contributed by atoms with Crippen molar-refractivity contribution < 1.29 is 9.72 Å². The van der Waals surface area contributed by atoms with Crippen LogP contribution in [0.2, 0.25) is 0 Å². The van der Waals surface area contributed by atoms with Gasteiger partial charge in [-0.25, -0.2) is 4.98 Å². The molecule has 1 heterocycles. The maximum atomic E-state index is 12.1. The first kappa shape index (κ1) is 17.1. The largest absolute Gasteiger partial charge is 0.298 e. The van der Waals surface area contributed by atoms with Gasteiger partial charge in [0, 0.05) is 23.1 Å². The summed E-state index contributed by atoms with van der Waals surface area (Å²) >= 11 is 3.01. The highest BCUT2D eigenvalue weighted by atomic mass is 32.2. The van der Waals surface area contributed by atoms with E-state index in [4.69, 9.17) is 0 Å². The minimum atomic E-state index is -0.470. The average molecular weight is 371 g/mol. The quantitative estimate of drug-likeness (QED) is 0.307. The van der Waals surface area contributed by atoms with E-state index in [2.05, 4.69) is 10.3 Å². The molecule has 25 heavy (non-hydrogen) atoms. The molecular weight excluding hydrogens is 358 g/mol. The molecule has 3 rings (SSSR count). The van der Waals surface area contributed by atoms with E-state index in [9.17, 15) is 14.9 Å². The van der Waals surface area contributed by atoms with Gasteiger partial charge in [0.2, 0.25) is 5.91 Å². The van der Waals surface area contributed by atoms with Crippen LogP contribution in [-0.4, -0.2) is 22.1 Å². The molecular formula is C17H13N3O3S2. The topological polar surface area (TPSA) is 85.1 Å². The van der Waals surface area contributed by atoms with Crippen LogP contribution in [0.15, 0.2) is 53.4 Å². The van der Waals surface area contributed by atoms with Gasteiger partial charge in [-0.2, -0.15) is 0 Å². The Morgan fingerprint density at radius 3 is 2.88 bits per heavy atom. The number of nitro benzene ring substituents is 1. The van der Waals surface area contributed by atoms with Crippen molar-refractivity contribution in [2.45, 2.75) is 4.90 Å². The molecule has 0 unspecified atom stereocenters. The number of thioether (sulfide) groups is 1. The van der Waals surface area contributed by atoms with Gasteiger partial charge in [0.15, 0.2) is 5.13 Å². The highest BCUT2D eigenvalue weighted by Crippen LogP contribution is 2.32. The van der Waals surface area contributed by atoms with E-state index in [1.807, 2.05) is 24.5 Å². The molecule has 2 aromatic carbocycles. The normalized spacial score (nSPS) is 11.1. The number of thiazole rings is 1. The molecule has 0 atom stereocenters. The molecule has 0 radical (unpaired) electrons. The second-order valence-electron chi connectivity index (χ2n) is 5.00. The van der Waals surface area contributed by atoms with E-state index in [-0.39, 0.29) is 11.6 Å². The monoisotopic (exact) mass is 371 g/mol. The van der Waals surface area contributed by atoms with Crippen LogP contribution in [0.25, 0.3) is 16.3 Å². The first-order valence-electron chi connectivity index (χ1n) is 7.24. The number of anilines is 1. The summed E-state index contributed by atoms with van der Waals surface area (Å²) in [5.41, 5.74) is 1.44. The summed E-state index contributed by atoms with van der Waals surface area (Å²) in [6.45, 7) is 0. The van der Waals surface area contributed by atoms with Gasteiger partial charge >= 0.3 is 0 Å². The van der Waals surface area contributed by atoms with Crippen molar-refractivity contribution in [3.63, 3.8) is 0 Å². The number of aromatic nitrogens is 1. The predicted octanol–water partition coefficient (Wildman–Crippen LogP) is 4.58. The van der Waals surface area contributed by atoms with Crippen LogP contribution in [0.5, 0.6) is 0 Å². The summed E-state index contributed by atoms with van der Waals surface area (Å²) in [7, 11) is 0. The van der Waals surface area contributed by atoms with Crippen LogP contribution in [0.3, 0.4) is 0 Å². The lowest BCUT2D eigenvalue weighted by Crippen LogP contribution is -2.07. The Hall–Kier alpha value is -2.71. The molecule has 0 saturated heterocycles. The lowest BCUT2D eigenvalue weighted by molar-refractivity contribution is -0.384. The minimum absolute atomic E-state index is 0.0154. The highest BCUT2D eigenvalue weighted by Gasteiger charge is 2.09. The van der Waals surface area contributed by atoms with E-state index in [1.54, 1.807) is 23.9 Å². The number of nitro groups is 1. The molecule has 3 aromatic rings. The smallest absolute Gasteiger partial charge is 0.270 e. The van der Waals surface area contributed by atoms with Gasteiger partial charge in [0.1, 0.15) is 0 Å². The number of amides is 1. The van der Waals surface area contributed by atoms with Crippen LogP contribution in [-0.2, 0) is 4.79 Å². The van der Waals surface area contributed by atoms with Gasteiger partial charge < -0.3 is 0 Å². The minimum Gasteiger partial charge on any atom is -0.298 e. The van der Waals surface area contributed by atoms with Crippen molar-refractivity contribution in [2.75, 3.05) is 11.6 Å². The third kappa shape index (κ3) is 4.04. The Bertz CT molecular complexity index is 982. The number of hydrogen-bond acceptors (Lipinski definition) is 6. The zero-order chi connectivity index (χ0) is 17.8. The maximum Gasteiger partial charge on any atom is 0.270 e. The van der Waals surface area contributed by atoms with Crippen LogP contribution in [0.4, 0.5) is 10.8 Å². The molecule has 126 valence electrons. The van der Waals surface area contributed by atoms with Crippen LogP contribution in [0.1, 0.15) is 5.56 Å². The second-order valence-corrected chi connectivity index (χ2v) is 6.88. The van der Waals surface area contributed by atoms with E-state index in [0.29, 0.717) is 10.7 Å². The number of nitrogens with zero attached hydrogens (tertiary/aromatic N) is 2. The number of nitrogens with one attached hydrogen (secondary N) is 1. The van der Waals surface area contributed by atoms with Crippen molar-refractivity contribution in [3.05, 3.63) is 64.2 Å². The average Bonchev–Trinajstić information content (AvgIpc) is 3.02. The Balaban J connectivity index is 1.74. The molecule has 0 saturated carbocycles. The van der Waals surface area contributed by atoms with Crippen molar-refractivity contribution in [1.82, 2.24) is 4.98 Å². The first-order valence-corrected chi connectivity index (χ1v) is 9.28. The highest BCUT2D eigenvalue weighted by molar-refractivity contribution is 7.98. The van der Waals surface area contributed by atoms with Crippen LogP contribution >= 0.6 is 23.1 Å². The van der Waals surface area contributed by atoms with Gasteiger partial charge in [-0.15, -0.1) is 11.8 Å². The molecule has 0 fully saturated rings. The van der Waals surface area contributed by atoms with E-state index in [0.717, 1.165) is 15.1 Å². The molecule has 0 aliphatic heterocycles. The summed E-state index contributed by atoms with van der Waals surface area (Å²) < 4.78 is 1.00. The molecule has 0 aliphatic carbocycles. The van der Waals surface area contributed by atoms with Gasteiger partial charge in [0.25, 0.3) is 5.69 Å². The predicted molar refractivity (Wildman–Crippen MR) is 102 cm³/mol. The number of para-hydroxylation sites is 1. The number of carbonyl (C=O) groups is 1. The fourth-order valence-corrected chi connectivity index (χ4v) is 3.73. The van der Waals surface area contributed by atoms with Gasteiger partial charge in [-0.3, -0.25) is 20.2 Å². The number of carbonyl (C=O) groups excluding carboxylic acids is 1. The summed E-state index contributed by atoms with van der Waals surface area (Å²) in [4.78, 5) is 27.9. The van der Waals surface area contributed by atoms with Gasteiger partial charge in [-0.05, 0) is 30.0 Å². The van der Waals surface area contributed by atoms with Crippen molar-refractivity contribution in [1.29, 1.82) is 0 Å². The Labute approximate surface area is 151 Å². The number of non-ortho nitro benzene ring substituents is 1. The Morgan fingerprint density at radius 1 is 1.32 bits per heavy atom. The molecule has 8 heteroatoms. The van der Waals surface area contributed by atoms with Crippen molar-refractivity contribution in [2.24, 2.45) is 0 Å². The maximum absolute atomic E-state index is 12.1. The Kier molecular flexibility index (Phi) is 5.11. The SMILES string of the molecule is CSc1cccc2sc(NC(=O)/C=C/c3cccc([N+](=O)[O-])c3)nc12. The summed E-state index contributed by atoms with van der Waals surface area (Å²) in [6, 6.07) is 12.0. The Morgan fingerprint density at radius 2 is 2.12 bits per heavy atom. The lowest BCUT2D eigenvalue weighted by atomic mass is 10.2. The second kappa shape index (κ2) is 7.45. The van der Waals surface area contributed by atoms with E-state index < -0.39 is 4.92 Å². The number of hydrogen-bond donors (Lipinski definition) is 1. The summed E-state index contributed by atoms with van der Waals surface area (Å²) in [5, 5.41) is 14.0. The summed E-state index contributed by atoms with van der Waals surface area (Å²) in [5.74, 6) is -0.337. The number of fused-ring (bicyclic) bond motifs is 1. The van der Waals surface area contributed by atoms with Crippen molar-refractivity contribution in [3.8, 4) is 0 Å². The molecule has 1 N–H and O–H groups in total. The number of benzene rings is 2. The van der Waals surface area contributed by atoms with E-state index >= 15 is 0 Å². The standard InChI is InChI=1S/C17H13N3O3S2/c1-24-13-6-3-7-14-16(13)19-17(25-14)18-15(21)9-8-11-4-2-5-12(10-11)20(22)23/h2-10H,1H3,(H,18,19,21)/b9-8+. The number of rotatable bonds is 5. The third-order valence-corrected chi connectivity index (χ3v) is 5.05. The van der Waals surface area contributed by atoms with Gasteiger partial charge in [-0.1, -0.05) is 29.5 Å². The third-order valence-electron chi connectivity index (χ3n) is 3.34. The molecule has 0 spiro atoms. The summed E-state index contributed by atoms with van der Waals surface area (Å²) in [6.07, 6.45) is 4.84. The molecule has 0 aliphatic rings. The van der Waals surface area contributed by atoms with Crippen LogP contribution < -0.4 is 5.32 Å². The lowest BCUT2D eigenvalue weighted by Gasteiger charge is -1.97. The fraction of sp³-hybridized carbons (Fsp3) is 0.0588. The molecule has 1 aromatic heterocycles. The first-order chi connectivity index (χ1) is 12.1. The van der Waals surface area contributed by atoms with Crippen molar-refractivity contribution >= 4 is 56.1 Å². The van der Waals surface area contributed by atoms with Crippen LogP contribution in [0, 0.1) is 10.1 Å². The molecule has 1 amide bonds. The van der Waals surface area contributed by atoms with E-state index in [1.165, 1.54) is 35.6 Å². The van der Waals surface area contributed by atoms with Gasteiger partial charge in [0.05, 0.1) is 15.1 Å².